The van der Waals surface area contributed by atoms with Gasteiger partial charge in [0.25, 0.3) is 0 Å². The molecule has 1 amide bonds. The number of carbonyl (C=O) groups excluding carboxylic acids is 1. The Morgan fingerprint density at radius 2 is 2.19 bits per heavy atom. The molecule has 0 aromatic carbocycles. The number of nitrogens with zero attached hydrogens (tertiary/aromatic N) is 6. The summed E-state index contributed by atoms with van der Waals surface area (Å²) >= 11 is 0. The predicted molar refractivity (Wildman–Crippen MR) is 94.0 cm³/mol. The van der Waals surface area contributed by atoms with E-state index >= 15 is 0 Å². The Kier molecular flexibility index (Phi) is 5.46. The van der Waals surface area contributed by atoms with Gasteiger partial charge in [-0.05, 0) is 25.0 Å². The van der Waals surface area contributed by atoms with Crippen LogP contribution in [-0.2, 0) is 17.8 Å². The molecule has 3 heterocycles. The number of piperidine rings is 1. The summed E-state index contributed by atoms with van der Waals surface area (Å²) in [6.07, 6.45) is 3.84. The molecular formula is C18H22N6O2. The average molecular weight is 354 g/mol. The van der Waals surface area contributed by atoms with Gasteiger partial charge in [0.1, 0.15) is 11.9 Å². The first-order valence-electron chi connectivity index (χ1n) is 8.78. The highest BCUT2D eigenvalue weighted by Gasteiger charge is 2.28. The quantitative estimate of drug-likeness (QED) is 0.807. The summed E-state index contributed by atoms with van der Waals surface area (Å²) in [6, 6.07) is 5.69. The van der Waals surface area contributed by atoms with Crippen LogP contribution >= 0.6 is 0 Å². The molecule has 136 valence electrons. The van der Waals surface area contributed by atoms with E-state index in [1.54, 1.807) is 24.2 Å². The molecule has 0 aliphatic carbocycles. The number of aryl methyl sites for hydroxylation is 1. The van der Waals surface area contributed by atoms with E-state index in [-0.39, 0.29) is 11.8 Å². The zero-order valence-electron chi connectivity index (χ0n) is 15.1. The van der Waals surface area contributed by atoms with Crippen molar-refractivity contribution in [3.63, 3.8) is 0 Å². The van der Waals surface area contributed by atoms with Crippen LogP contribution in [-0.4, -0.2) is 46.1 Å². The van der Waals surface area contributed by atoms with E-state index in [4.69, 9.17) is 9.78 Å². The molecule has 1 aliphatic heterocycles. The lowest BCUT2D eigenvalue weighted by Gasteiger charge is -2.33. The zero-order valence-corrected chi connectivity index (χ0v) is 15.1. The van der Waals surface area contributed by atoms with E-state index in [1.807, 2.05) is 13.0 Å². The number of anilines is 1. The van der Waals surface area contributed by atoms with Gasteiger partial charge in [0.05, 0.1) is 12.1 Å². The van der Waals surface area contributed by atoms with Gasteiger partial charge in [-0.25, -0.2) is 4.98 Å². The number of pyridine rings is 1. The van der Waals surface area contributed by atoms with Crippen LogP contribution in [0.3, 0.4) is 0 Å². The SMILES string of the molecule is CCc1noc(CN(C)C(=O)C2CCN(c3ccc(C#N)cn3)CC2)n1. The molecule has 0 unspecified atom stereocenters. The van der Waals surface area contributed by atoms with Crippen molar-refractivity contribution < 1.29 is 9.32 Å². The molecule has 2 aromatic heterocycles. The van der Waals surface area contributed by atoms with Gasteiger partial charge in [0.15, 0.2) is 5.82 Å². The summed E-state index contributed by atoms with van der Waals surface area (Å²) in [5, 5.41) is 12.7. The van der Waals surface area contributed by atoms with E-state index in [2.05, 4.69) is 26.1 Å². The van der Waals surface area contributed by atoms with Crippen LogP contribution in [0.5, 0.6) is 0 Å². The molecule has 3 rings (SSSR count). The number of hydrogen-bond donors (Lipinski definition) is 0. The number of aromatic nitrogens is 3. The Bertz CT molecular complexity index is 787. The number of rotatable bonds is 5. The molecule has 1 aliphatic rings. The standard InChI is InChI=1S/C18H22N6O2/c1-3-15-21-17(26-22-15)12-23(2)18(25)14-6-8-24(9-7-14)16-5-4-13(10-19)11-20-16/h4-5,11,14H,3,6-9,12H2,1-2H3. The van der Waals surface area contributed by atoms with Gasteiger partial charge in [0, 0.05) is 38.7 Å². The maximum absolute atomic E-state index is 12.7. The summed E-state index contributed by atoms with van der Waals surface area (Å²) < 4.78 is 5.16. The fourth-order valence-electron chi connectivity index (χ4n) is 3.09. The van der Waals surface area contributed by atoms with Gasteiger partial charge in [-0.3, -0.25) is 4.79 Å². The maximum atomic E-state index is 12.7. The van der Waals surface area contributed by atoms with Gasteiger partial charge in [-0.1, -0.05) is 12.1 Å². The molecule has 0 N–H and O–H groups in total. The van der Waals surface area contributed by atoms with Crippen molar-refractivity contribution in [1.29, 1.82) is 5.26 Å². The van der Waals surface area contributed by atoms with E-state index in [1.165, 1.54) is 0 Å². The molecule has 26 heavy (non-hydrogen) atoms. The minimum absolute atomic E-state index is 0.0109. The van der Waals surface area contributed by atoms with Crippen LogP contribution < -0.4 is 4.90 Å². The molecular weight excluding hydrogens is 332 g/mol. The van der Waals surface area contributed by atoms with Gasteiger partial charge >= 0.3 is 0 Å². The van der Waals surface area contributed by atoms with Crippen LogP contribution in [0.2, 0.25) is 0 Å². The second kappa shape index (κ2) is 7.95. The van der Waals surface area contributed by atoms with Gasteiger partial charge in [0.2, 0.25) is 11.8 Å². The van der Waals surface area contributed by atoms with E-state index in [9.17, 15) is 4.79 Å². The van der Waals surface area contributed by atoms with Crippen molar-refractivity contribution in [3.05, 3.63) is 35.6 Å². The Morgan fingerprint density at radius 3 is 2.77 bits per heavy atom. The Balaban J connectivity index is 1.53. The first kappa shape index (κ1) is 17.9. The zero-order chi connectivity index (χ0) is 18.5. The van der Waals surface area contributed by atoms with E-state index in [0.29, 0.717) is 30.2 Å². The lowest BCUT2D eigenvalue weighted by Crippen LogP contribution is -2.41. The first-order valence-corrected chi connectivity index (χ1v) is 8.78. The monoisotopic (exact) mass is 354 g/mol. The third-order valence-corrected chi connectivity index (χ3v) is 4.62. The second-order valence-corrected chi connectivity index (χ2v) is 6.43. The number of hydrogen-bond acceptors (Lipinski definition) is 7. The lowest BCUT2D eigenvalue weighted by molar-refractivity contribution is -0.135. The lowest BCUT2D eigenvalue weighted by atomic mass is 9.95. The van der Waals surface area contributed by atoms with Crippen molar-refractivity contribution in [1.82, 2.24) is 20.0 Å². The van der Waals surface area contributed by atoms with Crippen LogP contribution in [0.1, 0.15) is 37.0 Å². The maximum Gasteiger partial charge on any atom is 0.246 e. The third kappa shape index (κ3) is 3.99. The molecule has 0 bridgehead atoms. The minimum Gasteiger partial charge on any atom is -0.357 e. The first-order chi connectivity index (χ1) is 12.6. The van der Waals surface area contributed by atoms with Gasteiger partial charge in [-0.2, -0.15) is 10.2 Å². The molecule has 8 nitrogen and oxygen atoms in total. The topological polar surface area (TPSA) is 99.2 Å². The summed E-state index contributed by atoms with van der Waals surface area (Å²) in [7, 11) is 1.77. The number of carbonyl (C=O) groups is 1. The van der Waals surface area contributed by atoms with Crippen LogP contribution in [0.4, 0.5) is 5.82 Å². The van der Waals surface area contributed by atoms with Gasteiger partial charge < -0.3 is 14.3 Å². The average Bonchev–Trinajstić information content (AvgIpc) is 3.15. The summed E-state index contributed by atoms with van der Waals surface area (Å²) in [4.78, 5) is 25.1. The van der Waals surface area contributed by atoms with Crippen molar-refractivity contribution in [3.8, 4) is 6.07 Å². The van der Waals surface area contributed by atoms with Crippen molar-refractivity contribution >= 4 is 11.7 Å². The highest BCUT2D eigenvalue weighted by Crippen LogP contribution is 2.23. The molecule has 1 fully saturated rings. The Hall–Kier alpha value is -2.95. The van der Waals surface area contributed by atoms with Crippen LogP contribution in [0.15, 0.2) is 22.9 Å². The van der Waals surface area contributed by atoms with E-state index in [0.717, 1.165) is 31.7 Å². The van der Waals surface area contributed by atoms with Gasteiger partial charge in [-0.15, -0.1) is 0 Å². The molecule has 0 radical (unpaired) electrons. The predicted octanol–water partition coefficient (Wildman–Crippen LogP) is 1.77. The van der Waals surface area contributed by atoms with E-state index < -0.39 is 0 Å². The number of nitriles is 1. The third-order valence-electron chi connectivity index (χ3n) is 4.62. The normalized spacial score (nSPS) is 14.9. The molecule has 8 heteroatoms. The summed E-state index contributed by atoms with van der Waals surface area (Å²) in [5.74, 6) is 2.07. The van der Waals surface area contributed by atoms with Crippen molar-refractivity contribution in [2.24, 2.45) is 5.92 Å². The minimum atomic E-state index is -0.0109. The molecule has 0 spiro atoms. The summed E-state index contributed by atoms with van der Waals surface area (Å²) in [6.45, 7) is 3.83. The smallest absolute Gasteiger partial charge is 0.246 e. The molecule has 0 atom stereocenters. The largest absolute Gasteiger partial charge is 0.357 e. The highest BCUT2D eigenvalue weighted by molar-refractivity contribution is 5.78. The molecule has 1 saturated heterocycles. The highest BCUT2D eigenvalue weighted by atomic mass is 16.5. The summed E-state index contributed by atoms with van der Waals surface area (Å²) in [5.41, 5.74) is 0.549. The molecule has 0 saturated carbocycles. The van der Waals surface area contributed by atoms with Crippen molar-refractivity contribution in [2.45, 2.75) is 32.7 Å². The van der Waals surface area contributed by atoms with Crippen LogP contribution in [0.25, 0.3) is 0 Å². The Labute approximate surface area is 152 Å². The fraction of sp³-hybridized carbons (Fsp3) is 0.500. The van der Waals surface area contributed by atoms with Crippen LogP contribution in [0, 0.1) is 17.2 Å². The Morgan fingerprint density at radius 1 is 1.42 bits per heavy atom. The molecule has 2 aromatic rings. The number of amides is 1. The fourth-order valence-corrected chi connectivity index (χ4v) is 3.09. The van der Waals surface area contributed by atoms with Crippen molar-refractivity contribution in [2.75, 3.05) is 25.0 Å². The second-order valence-electron chi connectivity index (χ2n) is 6.43.